The zero-order valence-electron chi connectivity index (χ0n) is 17.7. The molecule has 6 heteroatoms. The molecule has 1 atom stereocenters. The second kappa shape index (κ2) is 12.0. The summed E-state index contributed by atoms with van der Waals surface area (Å²) in [5.41, 5.74) is 2.59. The number of nitrogens with one attached hydrogen (secondary N) is 2. The van der Waals surface area contributed by atoms with Gasteiger partial charge in [0, 0.05) is 37.6 Å². The van der Waals surface area contributed by atoms with Gasteiger partial charge in [-0.15, -0.1) is 11.3 Å². The largest absolute Gasteiger partial charge is 0.379 e. The number of aliphatic imine (C=N–C) groups is 1. The standard InChI is InChI=1S/C23H34N4OS/c1-3-24-23(25-16-19(2)15-22-5-4-14-29-22)26-17-20-6-8-21(9-7-20)18-27-10-12-28-13-11-27/h4-9,14,19H,3,10-13,15-18H2,1-2H3,(H2,24,25,26). The lowest BCUT2D eigenvalue weighted by molar-refractivity contribution is 0.0342. The maximum Gasteiger partial charge on any atom is 0.191 e. The van der Waals surface area contributed by atoms with Gasteiger partial charge in [-0.05, 0) is 41.8 Å². The quantitative estimate of drug-likeness (QED) is 0.487. The highest BCUT2D eigenvalue weighted by atomic mass is 32.1. The van der Waals surface area contributed by atoms with E-state index in [1.54, 1.807) is 0 Å². The number of nitrogens with zero attached hydrogens (tertiary/aromatic N) is 2. The third-order valence-corrected chi connectivity index (χ3v) is 5.94. The summed E-state index contributed by atoms with van der Waals surface area (Å²) in [4.78, 5) is 8.66. The lowest BCUT2D eigenvalue weighted by atomic mass is 10.1. The van der Waals surface area contributed by atoms with E-state index in [9.17, 15) is 0 Å². The summed E-state index contributed by atoms with van der Waals surface area (Å²) in [7, 11) is 0. The van der Waals surface area contributed by atoms with Crippen molar-refractivity contribution in [3.63, 3.8) is 0 Å². The van der Waals surface area contributed by atoms with E-state index in [4.69, 9.17) is 9.73 Å². The first-order valence-electron chi connectivity index (χ1n) is 10.7. The molecule has 2 aromatic rings. The van der Waals surface area contributed by atoms with Crippen molar-refractivity contribution in [3.8, 4) is 0 Å². The molecule has 1 unspecified atom stereocenters. The molecule has 1 aromatic carbocycles. The van der Waals surface area contributed by atoms with Gasteiger partial charge in [-0.1, -0.05) is 37.3 Å². The van der Waals surface area contributed by atoms with E-state index in [1.807, 2.05) is 11.3 Å². The number of hydrogen-bond acceptors (Lipinski definition) is 4. The minimum atomic E-state index is 0.567. The van der Waals surface area contributed by atoms with Gasteiger partial charge in [-0.3, -0.25) is 4.90 Å². The zero-order chi connectivity index (χ0) is 20.3. The van der Waals surface area contributed by atoms with Crippen LogP contribution in [-0.4, -0.2) is 50.3 Å². The van der Waals surface area contributed by atoms with E-state index in [1.165, 1.54) is 16.0 Å². The fourth-order valence-electron chi connectivity index (χ4n) is 3.39. The lowest BCUT2D eigenvalue weighted by Crippen LogP contribution is -2.39. The Balaban J connectivity index is 1.47. The number of hydrogen-bond donors (Lipinski definition) is 2. The molecule has 1 aliphatic rings. The molecule has 2 N–H and O–H groups in total. The molecule has 1 fully saturated rings. The van der Waals surface area contributed by atoms with Crippen molar-refractivity contribution in [1.82, 2.24) is 15.5 Å². The first-order valence-corrected chi connectivity index (χ1v) is 11.5. The van der Waals surface area contributed by atoms with Crippen LogP contribution in [0.25, 0.3) is 0 Å². The predicted molar refractivity (Wildman–Crippen MR) is 123 cm³/mol. The Morgan fingerprint density at radius 3 is 2.59 bits per heavy atom. The van der Waals surface area contributed by atoms with Gasteiger partial charge in [0.1, 0.15) is 0 Å². The van der Waals surface area contributed by atoms with E-state index in [0.717, 1.165) is 58.3 Å². The molecule has 0 saturated carbocycles. The van der Waals surface area contributed by atoms with Crippen molar-refractivity contribution >= 4 is 17.3 Å². The highest BCUT2D eigenvalue weighted by Crippen LogP contribution is 2.14. The molecule has 5 nitrogen and oxygen atoms in total. The number of thiophene rings is 1. The topological polar surface area (TPSA) is 48.9 Å². The molecule has 29 heavy (non-hydrogen) atoms. The monoisotopic (exact) mass is 414 g/mol. The summed E-state index contributed by atoms with van der Waals surface area (Å²) < 4.78 is 5.42. The molecule has 1 aliphatic heterocycles. The molecule has 3 rings (SSSR count). The Bertz CT molecular complexity index is 724. The molecule has 1 saturated heterocycles. The maximum absolute atomic E-state index is 5.42. The maximum atomic E-state index is 5.42. The van der Waals surface area contributed by atoms with Gasteiger partial charge in [-0.25, -0.2) is 4.99 Å². The third-order valence-electron chi connectivity index (χ3n) is 5.04. The van der Waals surface area contributed by atoms with Crippen molar-refractivity contribution in [2.45, 2.75) is 33.4 Å². The first-order chi connectivity index (χ1) is 14.2. The van der Waals surface area contributed by atoms with Gasteiger partial charge < -0.3 is 15.4 Å². The lowest BCUT2D eigenvalue weighted by Gasteiger charge is -2.26. The Kier molecular flexibility index (Phi) is 8.99. The molecule has 158 valence electrons. The van der Waals surface area contributed by atoms with Crippen LogP contribution in [0.4, 0.5) is 0 Å². The second-order valence-corrected chi connectivity index (χ2v) is 8.70. The van der Waals surface area contributed by atoms with Crippen molar-refractivity contribution < 1.29 is 4.74 Å². The summed E-state index contributed by atoms with van der Waals surface area (Å²) in [5, 5.41) is 9.00. The van der Waals surface area contributed by atoms with E-state index in [-0.39, 0.29) is 0 Å². The van der Waals surface area contributed by atoms with Crippen molar-refractivity contribution in [2.75, 3.05) is 39.4 Å². The van der Waals surface area contributed by atoms with E-state index in [0.29, 0.717) is 12.5 Å². The third kappa shape index (κ3) is 7.80. The molecule has 0 amide bonds. The van der Waals surface area contributed by atoms with E-state index < -0.39 is 0 Å². The smallest absolute Gasteiger partial charge is 0.191 e. The summed E-state index contributed by atoms with van der Waals surface area (Å²) >= 11 is 1.83. The average Bonchev–Trinajstić information content (AvgIpc) is 3.25. The van der Waals surface area contributed by atoms with Crippen LogP contribution in [-0.2, 0) is 24.2 Å². The SMILES string of the molecule is CCNC(=NCc1ccc(CN2CCOCC2)cc1)NCC(C)Cc1cccs1. The van der Waals surface area contributed by atoms with E-state index >= 15 is 0 Å². The Hall–Kier alpha value is -1.89. The molecule has 0 aliphatic carbocycles. The van der Waals surface area contributed by atoms with Crippen molar-refractivity contribution in [3.05, 3.63) is 57.8 Å². The van der Waals surface area contributed by atoms with Crippen molar-refractivity contribution in [1.29, 1.82) is 0 Å². The van der Waals surface area contributed by atoms with Crippen LogP contribution in [0, 0.1) is 5.92 Å². The molecule has 0 bridgehead atoms. The zero-order valence-corrected chi connectivity index (χ0v) is 18.5. The van der Waals surface area contributed by atoms with Crippen LogP contribution in [0.2, 0.25) is 0 Å². The van der Waals surface area contributed by atoms with Gasteiger partial charge >= 0.3 is 0 Å². The van der Waals surface area contributed by atoms with Gasteiger partial charge in [0.2, 0.25) is 0 Å². The Labute approximate surface area is 179 Å². The number of benzene rings is 1. The fourth-order valence-corrected chi connectivity index (χ4v) is 4.26. The second-order valence-electron chi connectivity index (χ2n) is 7.67. The molecule has 1 aromatic heterocycles. The Morgan fingerprint density at radius 2 is 1.90 bits per heavy atom. The number of guanidine groups is 1. The molecule has 0 spiro atoms. The van der Waals surface area contributed by atoms with Crippen molar-refractivity contribution in [2.24, 2.45) is 10.9 Å². The summed E-state index contributed by atoms with van der Waals surface area (Å²) in [6, 6.07) is 13.2. The van der Waals surface area contributed by atoms with Crippen LogP contribution in [0.1, 0.15) is 29.9 Å². The summed E-state index contributed by atoms with van der Waals surface area (Å²) in [6.45, 7) is 11.6. The predicted octanol–water partition coefficient (Wildman–Crippen LogP) is 3.51. The first kappa shape index (κ1) is 21.8. The van der Waals surface area contributed by atoms with Gasteiger partial charge in [0.25, 0.3) is 0 Å². The molecule has 0 radical (unpaired) electrons. The number of morpholine rings is 1. The molecule has 2 heterocycles. The summed E-state index contributed by atoms with van der Waals surface area (Å²) in [6.07, 6.45) is 1.11. The normalized spacial score (nSPS) is 16.6. The van der Waals surface area contributed by atoms with E-state index in [2.05, 4.69) is 71.2 Å². The Morgan fingerprint density at radius 1 is 1.14 bits per heavy atom. The van der Waals surface area contributed by atoms with Gasteiger partial charge in [0.05, 0.1) is 19.8 Å². The van der Waals surface area contributed by atoms with Crippen LogP contribution >= 0.6 is 11.3 Å². The molecular weight excluding hydrogens is 380 g/mol. The summed E-state index contributed by atoms with van der Waals surface area (Å²) in [5.74, 6) is 1.46. The van der Waals surface area contributed by atoms with Crippen LogP contribution in [0.3, 0.4) is 0 Å². The molecular formula is C23H34N4OS. The number of ether oxygens (including phenoxy) is 1. The highest BCUT2D eigenvalue weighted by Gasteiger charge is 2.10. The minimum Gasteiger partial charge on any atom is -0.379 e. The van der Waals surface area contributed by atoms with Crippen LogP contribution in [0.15, 0.2) is 46.8 Å². The minimum absolute atomic E-state index is 0.567. The number of rotatable bonds is 9. The van der Waals surface area contributed by atoms with Crippen LogP contribution in [0.5, 0.6) is 0 Å². The fraction of sp³-hybridized carbons (Fsp3) is 0.522. The van der Waals surface area contributed by atoms with Gasteiger partial charge in [0.15, 0.2) is 5.96 Å². The van der Waals surface area contributed by atoms with Crippen LogP contribution < -0.4 is 10.6 Å². The van der Waals surface area contributed by atoms with Gasteiger partial charge in [-0.2, -0.15) is 0 Å². The average molecular weight is 415 g/mol. The highest BCUT2D eigenvalue weighted by molar-refractivity contribution is 7.09.